The normalized spacial score (nSPS) is 15.6. The third-order valence-electron chi connectivity index (χ3n) is 6.88. The van der Waals surface area contributed by atoms with Crippen molar-refractivity contribution in [2.45, 2.75) is 30.1 Å². The molecular formula is C28H27F3N4O6S. The van der Waals surface area contributed by atoms with Crippen molar-refractivity contribution >= 4 is 49.3 Å². The summed E-state index contributed by atoms with van der Waals surface area (Å²) in [6.07, 6.45) is -3.00. The number of ether oxygens (including phenoxy) is 1. The summed E-state index contributed by atoms with van der Waals surface area (Å²) in [5.74, 6) is -1.88. The molecule has 1 aliphatic rings. The molecule has 1 saturated heterocycles. The maximum Gasteiger partial charge on any atom is 0.490 e. The van der Waals surface area contributed by atoms with Crippen molar-refractivity contribution in [1.82, 2.24) is 14.2 Å². The van der Waals surface area contributed by atoms with Gasteiger partial charge in [0.2, 0.25) is 15.9 Å². The average Bonchev–Trinajstić information content (AvgIpc) is 3.31. The number of amides is 1. The minimum atomic E-state index is -5.08. The second kappa shape index (κ2) is 11.8. The first-order chi connectivity index (χ1) is 19.7. The molecule has 0 saturated carbocycles. The Morgan fingerprint density at radius 2 is 1.76 bits per heavy atom. The van der Waals surface area contributed by atoms with Gasteiger partial charge in [0.15, 0.2) is 0 Å². The van der Waals surface area contributed by atoms with E-state index in [9.17, 15) is 26.4 Å². The number of anilines is 1. The number of nitrogens with zero attached hydrogens (tertiary/aromatic N) is 3. The number of nitrogen functional groups attached to an aromatic ring is 1. The Hall–Kier alpha value is -4.43. The summed E-state index contributed by atoms with van der Waals surface area (Å²) >= 11 is 0. The maximum atomic E-state index is 13.4. The molecule has 1 fully saturated rings. The number of carboxylic acid groups (broad SMARTS) is 1. The van der Waals surface area contributed by atoms with Gasteiger partial charge in [0, 0.05) is 31.7 Å². The van der Waals surface area contributed by atoms with E-state index in [4.69, 9.17) is 20.4 Å². The molecule has 4 aromatic rings. The molecule has 0 bridgehead atoms. The number of likely N-dealkylation sites (N-methyl/N-ethyl adjacent to an activating group) is 1. The SMILES string of the molecule is COc1ccc2ccc(S(=O)(=O)N(C)[C@H]3CCN(Cc4ccc5ccnc(N)c5c4)C3=O)cc2c1.O=C(O)C(F)(F)F. The van der Waals surface area contributed by atoms with Crippen LogP contribution in [0.25, 0.3) is 21.5 Å². The second-order valence-electron chi connectivity index (χ2n) is 9.51. The maximum absolute atomic E-state index is 13.4. The van der Waals surface area contributed by atoms with E-state index < -0.39 is 28.2 Å². The highest BCUT2D eigenvalue weighted by atomic mass is 32.2. The number of carbonyl (C=O) groups excluding carboxylic acids is 1. The minimum Gasteiger partial charge on any atom is -0.497 e. The predicted molar refractivity (Wildman–Crippen MR) is 149 cm³/mol. The van der Waals surface area contributed by atoms with Crippen LogP contribution in [0.3, 0.4) is 0 Å². The number of nitrogens with two attached hydrogens (primary N) is 1. The first kappa shape index (κ1) is 30.5. The third-order valence-corrected chi connectivity index (χ3v) is 8.74. The fourth-order valence-corrected chi connectivity index (χ4v) is 5.98. The second-order valence-corrected chi connectivity index (χ2v) is 11.5. The molecule has 5 rings (SSSR count). The summed E-state index contributed by atoms with van der Waals surface area (Å²) in [6.45, 7) is 0.849. The highest BCUT2D eigenvalue weighted by Crippen LogP contribution is 2.29. The van der Waals surface area contributed by atoms with Gasteiger partial charge in [0.25, 0.3) is 0 Å². The molecule has 1 aromatic heterocycles. The van der Waals surface area contributed by atoms with E-state index in [1.807, 2.05) is 36.4 Å². The number of aliphatic carboxylic acids is 1. The zero-order valence-electron chi connectivity index (χ0n) is 22.5. The van der Waals surface area contributed by atoms with Crippen LogP contribution in [0.5, 0.6) is 5.75 Å². The number of halogens is 3. The molecule has 0 aliphatic carbocycles. The average molecular weight is 605 g/mol. The lowest BCUT2D eigenvalue weighted by molar-refractivity contribution is -0.192. The summed E-state index contributed by atoms with van der Waals surface area (Å²) in [7, 11) is -0.839. The van der Waals surface area contributed by atoms with Gasteiger partial charge in [-0.15, -0.1) is 0 Å². The molecule has 0 unspecified atom stereocenters. The van der Waals surface area contributed by atoms with Crippen molar-refractivity contribution < 1.29 is 41.0 Å². The van der Waals surface area contributed by atoms with Gasteiger partial charge in [-0.1, -0.05) is 24.3 Å². The van der Waals surface area contributed by atoms with Crippen molar-refractivity contribution in [3.63, 3.8) is 0 Å². The van der Waals surface area contributed by atoms with Crippen LogP contribution in [0.2, 0.25) is 0 Å². The summed E-state index contributed by atoms with van der Waals surface area (Å²) in [5, 5.41) is 10.6. The molecule has 0 radical (unpaired) electrons. The zero-order chi connectivity index (χ0) is 30.8. The summed E-state index contributed by atoms with van der Waals surface area (Å²) in [4.78, 5) is 28.1. The van der Waals surface area contributed by atoms with Crippen molar-refractivity contribution in [3.05, 3.63) is 72.4 Å². The molecule has 0 spiro atoms. The highest BCUT2D eigenvalue weighted by Gasteiger charge is 2.40. The minimum absolute atomic E-state index is 0.143. The van der Waals surface area contributed by atoms with Crippen LogP contribution < -0.4 is 10.5 Å². The van der Waals surface area contributed by atoms with E-state index in [1.54, 1.807) is 42.5 Å². The number of methoxy groups -OCH3 is 1. The van der Waals surface area contributed by atoms with E-state index in [0.29, 0.717) is 31.1 Å². The highest BCUT2D eigenvalue weighted by molar-refractivity contribution is 7.89. The van der Waals surface area contributed by atoms with Crippen molar-refractivity contribution in [3.8, 4) is 5.75 Å². The van der Waals surface area contributed by atoms with E-state index >= 15 is 0 Å². The molecule has 2 heterocycles. The summed E-state index contributed by atoms with van der Waals surface area (Å²) in [5.41, 5.74) is 6.92. The number of alkyl halides is 3. The lowest BCUT2D eigenvalue weighted by atomic mass is 10.1. The number of carboxylic acids is 1. The van der Waals surface area contributed by atoms with Gasteiger partial charge in [0.05, 0.1) is 12.0 Å². The molecule has 10 nitrogen and oxygen atoms in total. The van der Waals surface area contributed by atoms with E-state index in [-0.39, 0.29) is 10.8 Å². The van der Waals surface area contributed by atoms with Crippen LogP contribution in [0.15, 0.2) is 71.8 Å². The first-order valence-corrected chi connectivity index (χ1v) is 13.9. The molecule has 3 N–H and O–H groups in total. The van der Waals surface area contributed by atoms with E-state index in [2.05, 4.69) is 4.98 Å². The lowest BCUT2D eigenvalue weighted by Crippen LogP contribution is -2.42. The molecule has 14 heteroatoms. The fourth-order valence-electron chi connectivity index (χ4n) is 4.60. The summed E-state index contributed by atoms with van der Waals surface area (Å²) < 4.78 is 65.0. The van der Waals surface area contributed by atoms with E-state index in [0.717, 1.165) is 27.1 Å². The number of pyridine rings is 1. The van der Waals surface area contributed by atoms with Gasteiger partial charge in [-0.2, -0.15) is 17.5 Å². The standard InChI is InChI=1S/C26H26N4O4S.C2HF3O2/c1-29(35(32,33)22-8-6-18-5-7-21(34-2)14-20(18)15-22)24-10-12-30(26(24)31)16-17-3-4-19-9-11-28-25(27)23(19)13-17;3-2(4,5)1(6)7/h3-9,11,13-15,24H,10,12,16H2,1-2H3,(H2,27,28);(H,6,7)/t24-;/m0./s1. The molecular weight excluding hydrogens is 577 g/mol. The van der Waals surface area contributed by atoms with Crippen LogP contribution in [0.4, 0.5) is 19.0 Å². The van der Waals surface area contributed by atoms with Gasteiger partial charge in [-0.05, 0) is 64.5 Å². The van der Waals surface area contributed by atoms with Gasteiger partial charge < -0.3 is 20.5 Å². The topological polar surface area (TPSA) is 143 Å². The third kappa shape index (κ3) is 6.39. The van der Waals surface area contributed by atoms with Crippen LogP contribution in [-0.2, 0) is 26.2 Å². The number of likely N-dealkylation sites (tertiary alicyclic amines) is 1. The van der Waals surface area contributed by atoms with Gasteiger partial charge in [0.1, 0.15) is 17.6 Å². The lowest BCUT2D eigenvalue weighted by Gasteiger charge is -2.24. The largest absolute Gasteiger partial charge is 0.497 e. The molecule has 222 valence electrons. The van der Waals surface area contributed by atoms with Gasteiger partial charge in [-0.3, -0.25) is 4.79 Å². The smallest absolute Gasteiger partial charge is 0.490 e. The quantitative estimate of drug-likeness (QED) is 0.336. The van der Waals surface area contributed by atoms with Crippen LogP contribution >= 0.6 is 0 Å². The van der Waals surface area contributed by atoms with Crippen LogP contribution in [0.1, 0.15) is 12.0 Å². The molecule has 3 aromatic carbocycles. The Kier molecular flexibility index (Phi) is 8.59. The number of aromatic nitrogens is 1. The predicted octanol–water partition coefficient (Wildman–Crippen LogP) is 4.03. The van der Waals surface area contributed by atoms with Crippen molar-refractivity contribution in [2.24, 2.45) is 0 Å². The number of hydrogen-bond acceptors (Lipinski definition) is 7. The van der Waals surface area contributed by atoms with Crippen molar-refractivity contribution in [1.29, 1.82) is 0 Å². The molecule has 1 atom stereocenters. The van der Waals surface area contributed by atoms with Gasteiger partial charge >= 0.3 is 12.1 Å². The number of rotatable bonds is 6. The Bertz CT molecular complexity index is 1760. The molecule has 1 aliphatic heterocycles. The Labute approximate surface area is 239 Å². The molecule has 1 amide bonds. The Morgan fingerprint density at radius 1 is 1.10 bits per heavy atom. The number of fused-ring (bicyclic) bond motifs is 2. The van der Waals surface area contributed by atoms with Crippen molar-refractivity contribution in [2.75, 3.05) is 26.4 Å². The number of benzene rings is 3. The van der Waals surface area contributed by atoms with E-state index in [1.165, 1.54) is 11.4 Å². The monoisotopic (exact) mass is 604 g/mol. The fraction of sp³-hybridized carbons (Fsp3) is 0.250. The van der Waals surface area contributed by atoms with Crippen LogP contribution in [-0.4, -0.2) is 72.5 Å². The zero-order valence-corrected chi connectivity index (χ0v) is 23.3. The summed E-state index contributed by atoms with van der Waals surface area (Å²) in [6, 6.07) is 17.4. The Morgan fingerprint density at radius 3 is 2.43 bits per heavy atom. The first-order valence-electron chi connectivity index (χ1n) is 12.5. The number of sulfonamides is 1. The molecule has 42 heavy (non-hydrogen) atoms. The number of carbonyl (C=O) groups is 2. The number of hydrogen-bond donors (Lipinski definition) is 2. The van der Waals surface area contributed by atoms with Crippen LogP contribution in [0, 0.1) is 0 Å². The van der Waals surface area contributed by atoms with Gasteiger partial charge in [-0.25, -0.2) is 18.2 Å². The Balaban J connectivity index is 0.000000517.